The van der Waals surface area contributed by atoms with E-state index in [0.29, 0.717) is 12.1 Å². The number of H-pyrrole nitrogens is 2. The van der Waals surface area contributed by atoms with Gasteiger partial charge < -0.3 is 11.1 Å². The molecule has 1 aliphatic rings. The van der Waals surface area contributed by atoms with Gasteiger partial charge in [0.15, 0.2) is 0 Å². The van der Waals surface area contributed by atoms with E-state index in [-0.39, 0.29) is 59.4 Å². The molecule has 2 atom stereocenters. The number of rotatable bonds is 3. The molecule has 0 aliphatic heterocycles. The highest BCUT2D eigenvalue weighted by molar-refractivity contribution is 5.95. The van der Waals surface area contributed by atoms with Crippen molar-refractivity contribution in [3.05, 3.63) is 38.2 Å². The summed E-state index contributed by atoms with van der Waals surface area (Å²) < 4.78 is 0. The fraction of sp³-hybridized carbons (Fsp3) is 0.500. The molecule has 0 bridgehead atoms. The van der Waals surface area contributed by atoms with Crippen LogP contribution in [-0.4, -0.2) is 33.4 Å². The van der Waals surface area contributed by atoms with Crippen LogP contribution in [0.4, 0.5) is 0 Å². The summed E-state index contributed by atoms with van der Waals surface area (Å²) in [7, 11) is 0. The molecule has 3 rings (SSSR count). The van der Waals surface area contributed by atoms with Crippen LogP contribution in [0.25, 0.3) is 11.0 Å². The number of aromatic nitrogens is 3. The average Bonchev–Trinajstić information content (AvgIpc) is 2.54. The van der Waals surface area contributed by atoms with Crippen molar-refractivity contribution in [1.82, 2.24) is 20.3 Å². The van der Waals surface area contributed by atoms with E-state index >= 15 is 0 Å². The number of pyridine rings is 1. The van der Waals surface area contributed by atoms with E-state index in [0.717, 1.165) is 25.7 Å². The molecule has 5 N–H and O–H groups in total. The number of nitrogens with zero attached hydrogens (tertiary/aromatic N) is 1. The summed E-state index contributed by atoms with van der Waals surface area (Å²) in [6.45, 7) is 2.25. The number of nitrogens with one attached hydrogen (secondary N) is 3. The summed E-state index contributed by atoms with van der Waals surface area (Å²) in [4.78, 5) is 44.6. The second-order valence-corrected chi connectivity index (χ2v) is 6.32. The second-order valence-electron chi connectivity index (χ2n) is 6.32. The van der Waals surface area contributed by atoms with Crippen molar-refractivity contribution in [2.24, 2.45) is 11.7 Å². The van der Waals surface area contributed by atoms with E-state index < -0.39 is 11.2 Å². The monoisotopic (exact) mass is 403 g/mol. The van der Waals surface area contributed by atoms with Gasteiger partial charge in [0.25, 0.3) is 11.5 Å². The number of aromatic amines is 2. The highest BCUT2D eigenvalue weighted by Crippen LogP contribution is 2.24. The molecule has 1 amide bonds. The van der Waals surface area contributed by atoms with Gasteiger partial charge in [-0.15, -0.1) is 24.8 Å². The fourth-order valence-corrected chi connectivity index (χ4v) is 3.39. The van der Waals surface area contributed by atoms with Crippen LogP contribution in [0.3, 0.4) is 0 Å². The topological polar surface area (TPSA) is 134 Å². The number of hydrogen-bond donors (Lipinski definition) is 4. The molecule has 1 saturated carbocycles. The Morgan fingerprint density at radius 3 is 2.65 bits per heavy atom. The lowest BCUT2D eigenvalue weighted by Gasteiger charge is -2.31. The second kappa shape index (κ2) is 9.16. The zero-order valence-corrected chi connectivity index (χ0v) is 16.0. The first kappa shape index (κ1) is 22.1. The van der Waals surface area contributed by atoms with Gasteiger partial charge in [-0.1, -0.05) is 12.8 Å². The summed E-state index contributed by atoms with van der Waals surface area (Å²) in [6.07, 6.45) is 4.10. The van der Waals surface area contributed by atoms with E-state index in [2.05, 4.69) is 20.3 Å². The standard InChI is InChI=1S/C16H21N5O3.2ClH/c1-8-6-11(18-13-12(8)15(23)21-16(24)20-13)14(22)19-10-5-3-2-4-9(10)7-17;;/h6,9-10H,2-5,7,17H2,1H3,(H,19,22)(H2,18,20,21,23,24);2*1H. The van der Waals surface area contributed by atoms with Gasteiger partial charge in [-0.05, 0) is 43.9 Å². The molecule has 2 aromatic rings. The molecule has 0 spiro atoms. The number of nitrogens with two attached hydrogens (primary N) is 1. The number of fused-ring (bicyclic) bond motifs is 1. The first-order valence-corrected chi connectivity index (χ1v) is 8.14. The molecular weight excluding hydrogens is 381 g/mol. The van der Waals surface area contributed by atoms with Crippen LogP contribution in [0.15, 0.2) is 15.7 Å². The van der Waals surface area contributed by atoms with Gasteiger partial charge in [0.05, 0.1) is 5.39 Å². The van der Waals surface area contributed by atoms with Crippen LogP contribution in [-0.2, 0) is 0 Å². The Labute approximate surface area is 162 Å². The minimum atomic E-state index is -0.646. The summed E-state index contributed by atoms with van der Waals surface area (Å²) in [5, 5.41) is 3.28. The Morgan fingerprint density at radius 1 is 1.27 bits per heavy atom. The first-order valence-electron chi connectivity index (χ1n) is 8.14. The zero-order chi connectivity index (χ0) is 17.3. The van der Waals surface area contributed by atoms with Crippen molar-refractivity contribution >= 4 is 41.8 Å². The number of hydrogen-bond acceptors (Lipinski definition) is 5. The lowest BCUT2D eigenvalue weighted by Crippen LogP contribution is -2.45. The largest absolute Gasteiger partial charge is 0.348 e. The van der Waals surface area contributed by atoms with Gasteiger partial charge in [0.1, 0.15) is 11.3 Å². The normalized spacial score (nSPS) is 19.3. The molecule has 2 unspecified atom stereocenters. The number of amides is 1. The minimum Gasteiger partial charge on any atom is -0.348 e. The molecule has 2 heterocycles. The molecular formula is C16H23Cl2N5O3. The Hall–Kier alpha value is -1.90. The van der Waals surface area contributed by atoms with Crippen molar-refractivity contribution in [3.63, 3.8) is 0 Å². The summed E-state index contributed by atoms with van der Waals surface area (Å²) in [5.74, 6) is -0.0432. The van der Waals surface area contributed by atoms with Crippen molar-refractivity contribution in [2.75, 3.05) is 6.54 Å². The molecule has 0 aromatic carbocycles. The fourth-order valence-electron chi connectivity index (χ4n) is 3.39. The Balaban J connectivity index is 0.00000169. The maximum Gasteiger partial charge on any atom is 0.327 e. The van der Waals surface area contributed by atoms with Crippen LogP contribution in [0.2, 0.25) is 0 Å². The number of carbonyl (C=O) groups excluding carboxylic acids is 1. The maximum absolute atomic E-state index is 12.5. The molecule has 144 valence electrons. The van der Waals surface area contributed by atoms with Crippen LogP contribution >= 0.6 is 24.8 Å². The SMILES string of the molecule is Cc1cc(C(=O)NC2CCCCC2CN)nc2[nH]c(=O)[nH]c(=O)c12.Cl.Cl. The molecule has 1 aliphatic carbocycles. The van der Waals surface area contributed by atoms with Crippen molar-refractivity contribution in [1.29, 1.82) is 0 Å². The third-order valence-electron chi connectivity index (χ3n) is 4.66. The highest BCUT2D eigenvalue weighted by Gasteiger charge is 2.26. The molecule has 10 heteroatoms. The maximum atomic E-state index is 12.5. The number of carbonyl (C=O) groups is 1. The first-order chi connectivity index (χ1) is 11.5. The molecule has 8 nitrogen and oxygen atoms in total. The Kier molecular flexibility index (Phi) is 7.80. The van der Waals surface area contributed by atoms with Gasteiger partial charge >= 0.3 is 5.69 Å². The molecule has 0 saturated heterocycles. The van der Waals surface area contributed by atoms with E-state index in [1.54, 1.807) is 13.0 Å². The van der Waals surface area contributed by atoms with E-state index in [1.165, 1.54) is 0 Å². The number of aryl methyl sites for hydroxylation is 1. The van der Waals surface area contributed by atoms with Crippen LogP contribution < -0.4 is 22.3 Å². The van der Waals surface area contributed by atoms with E-state index in [9.17, 15) is 14.4 Å². The van der Waals surface area contributed by atoms with Crippen molar-refractivity contribution in [2.45, 2.75) is 38.6 Å². The van der Waals surface area contributed by atoms with Crippen molar-refractivity contribution < 1.29 is 4.79 Å². The Morgan fingerprint density at radius 2 is 1.96 bits per heavy atom. The predicted octanol–water partition coefficient (Wildman–Crippen LogP) is 1.01. The quantitative estimate of drug-likeness (QED) is 0.606. The van der Waals surface area contributed by atoms with Crippen LogP contribution in [0.5, 0.6) is 0 Å². The molecule has 26 heavy (non-hydrogen) atoms. The van der Waals surface area contributed by atoms with Crippen LogP contribution in [0, 0.1) is 12.8 Å². The van der Waals surface area contributed by atoms with Gasteiger partial charge in [-0.3, -0.25) is 19.6 Å². The minimum absolute atomic E-state index is 0. The Bertz CT molecular complexity index is 896. The summed E-state index contributed by atoms with van der Waals surface area (Å²) in [5.41, 5.74) is 5.52. The highest BCUT2D eigenvalue weighted by atomic mass is 35.5. The predicted molar refractivity (Wildman–Crippen MR) is 104 cm³/mol. The van der Waals surface area contributed by atoms with Crippen molar-refractivity contribution in [3.8, 4) is 0 Å². The summed E-state index contributed by atoms with van der Waals surface area (Å²) in [6, 6.07) is 1.60. The van der Waals surface area contributed by atoms with E-state index in [4.69, 9.17) is 5.73 Å². The molecule has 0 radical (unpaired) electrons. The molecule has 1 fully saturated rings. The van der Waals surface area contributed by atoms with Gasteiger partial charge in [0.2, 0.25) is 0 Å². The third kappa shape index (κ3) is 4.44. The average molecular weight is 404 g/mol. The smallest absolute Gasteiger partial charge is 0.327 e. The third-order valence-corrected chi connectivity index (χ3v) is 4.66. The van der Waals surface area contributed by atoms with Gasteiger partial charge in [-0.2, -0.15) is 0 Å². The zero-order valence-electron chi connectivity index (χ0n) is 14.3. The van der Waals surface area contributed by atoms with Gasteiger partial charge in [0, 0.05) is 6.04 Å². The van der Waals surface area contributed by atoms with Crippen LogP contribution in [0.1, 0.15) is 41.7 Å². The number of halogens is 2. The van der Waals surface area contributed by atoms with E-state index in [1.807, 2.05) is 0 Å². The summed E-state index contributed by atoms with van der Waals surface area (Å²) >= 11 is 0. The van der Waals surface area contributed by atoms with Gasteiger partial charge in [-0.25, -0.2) is 9.78 Å². The lowest BCUT2D eigenvalue weighted by atomic mass is 9.84. The lowest BCUT2D eigenvalue weighted by molar-refractivity contribution is 0.0903. The molecule has 2 aromatic heterocycles.